The molecule has 0 spiro atoms. The molecule has 0 unspecified atom stereocenters. The first-order valence-electron chi connectivity index (χ1n) is 7.32. The van der Waals surface area contributed by atoms with Gasteiger partial charge in [0.15, 0.2) is 0 Å². The molecule has 0 aromatic heterocycles. The normalized spacial score (nSPS) is 11.9. The van der Waals surface area contributed by atoms with Crippen molar-refractivity contribution in [3.05, 3.63) is 47.5 Å². The van der Waals surface area contributed by atoms with Crippen LogP contribution < -0.4 is 9.64 Å². The average Bonchev–Trinajstić information content (AvgIpc) is 2.85. The van der Waals surface area contributed by atoms with Crippen LogP contribution in [0, 0.1) is 0 Å². The monoisotopic (exact) mass is 267 g/mol. The molecule has 104 valence electrons. The molecule has 1 aliphatic rings. The topological polar surface area (TPSA) is 12.5 Å². The number of hydrogen-bond acceptors (Lipinski definition) is 2. The quantitative estimate of drug-likeness (QED) is 0.705. The third kappa shape index (κ3) is 2.05. The van der Waals surface area contributed by atoms with Crippen molar-refractivity contribution < 1.29 is 4.74 Å². The van der Waals surface area contributed by atoms with E-state index in [1.54, 1.807) is 7.11 Å². The summed E-state index contributed by atoms with van der Waals surface area (Å²) in [5, 5.41) is 0. The number of fused-ring (bicyclic) bond motifs is 3. The lowest BCUT2D eigenvalue weighted by atomic mass is 10.0. The molecule has 2 heteroatoms. The lowest BCUT2D eigenvalue weighted by Crippen LogP contribution is -2.21. The number of anilines is 1. The summed E-state index contributed by atoms with van der Waals surface area (Å²) in [7, 11) is 1.72. The van der Waals surface area contributed by atoms with Gasteiger partial charge in [-0.1, -0.05) is 12.1 Å². The molecular formula is C18H21NO. The van der Waals surface area contributed by atoms with Gasteiger partial charge in [0.1, 0.15) is 5.75 Å². The van der Waals surface area contributed by atoms with Crippen LogP contribution in [0.3, 0.4) is 0 Å². The minimum Gasteiger partial charge on any atom is -0.497 e. The van der Waals surface area contributed by atoms with Crippen LogP contribution in [-0.4, -0.2) is 20.2 Å². The maximum absolute atomic E-state index is 5.34. The standard InChI is InChI=1S/C18H21NO/c1-4-19(5-2)15-7-9-17-14(11-15)10-13-6-8-16(20-3)12-18(13)17/h6-9,11-12H,4-5,10H2,1-3H3. The van der Waals surface area contributed by atoms with E-state index >= 15 is 0 Å². The molecule has 1 aliphatic carbocycles. The maximum atomic E-state index is 5.34. The van der Waals surface area contributed by atoms with E-state index in [0.717, 1.165) is 25.3 Å². The number of methoxy groups -OCH3 is 1. The first-order valence-corrected chi connectivity index (χ1v) is 7.32. The molecule has 2 aromatic rings. The van der Waals surface area contributed by atoms with E-state index < -0.39 is 0 Å². The van der Waals surface area contributed by atoms with Crippen molar-refractivity contribution in [1.82, 2.24) is 0 Å². The molecule has 0 radical (unpaired) electrons. The summed E-state index contributed by atoms with van der Waals surface area (Å²) in [5.74, 6) is 0.935. The fourth-order valence-electron chi connectivity index (χ4n) is 3.07. The summed E-state index contributed by atoms with van der Waals surface area (Å²) >= 11 is 0. The number of ether oxygens (including phenoxy) is 1. The Hall–Kier alpha value is -1.96. The Morgan fingerprint density at radius 3 is 2.45 bits per heavy atom. The molecule has 0 heterocycles. The smallest absolute Gasteiger partial charge is 0.119 e. The highest BCUT2D eigenvalue weighted by Gasteiger charge is 2.19. The van der Waals surface area contributed by atoms with Crippen molar-refractivity contribution in [1.29, 1.82) is 0 Å². The average molecular weight is 267 g/mol. The van der Waals surface area contributed by atoms with Gasteiger partial charge in [0.25, 0.3) is 0 Å². The summed E-state index contributed by atoms with van der Waals surface area (Å²) < 4.78 is 5.34. The van der Waals surface area contributed by atoms with Crippen LogP contribution in [-0.2, 0) is 6.42 Å². The van der Waals surface area contributed by atoms with Gasteiger partial charge in [-0.3, -0.25) is 0 Å². The van der Waals surface area contributed by atoms with E-state index in [2.05, 4.69) is 55.1 Å². The molecule has 0 N–H and O–H groups in total. The van der Waals surface area contributed by atoms with Crippen LogP contribution >= 0.6 is 0 Å². The Kier molecular flexibility index (Phi) is 3.39. The zero-order chi connectivity index (χ0) is 14.1. The molecule has 0 atom stereocenters. The van der Waals surface area contributed by atoms with E-state index in [1.165, 1.54) is 27.9 Å². The van der Waals surface area contributed by atoms with E-state index in [0.29, 0.717) is 0 Å². The molecule has 2 aromatic carbocycles. The molecule has 2 nitrogen and oxygen atoms in total. The van der Waals surface area contributed by atoms with Crippen molar-refractivity contribution >= 4 is 5.69 Å². The zero-order valence-corrected chi connectivity index (χ0v) is 12.4. The van der Waals surface area contributed by atoms with Crippen molar-refractivity contribution in [2.45, 2.75) is 20.3 Å². The first kappa shape index (κ1) is 13.0. The second kappa shape index (κ2) is 5.20. The Morgan fingerprint density at radius 2 is 1.75 bits per heavy atom. The molecule has 20 heavy (non-hydrogen) atoms. The molecule has 3 rings (SSSR count). The predicted molar refractivity (Wildman–Crippen MR) is 84.8 cm³/mol. The number of hydrogen-bond donors (Lipinski definition) is 0. The van der Waals surface area contributed by atoms with E-state index in [-0.39, 0.29) is 0 Å². The van der Waals surface area contributed by atoms with Crippen LogP contribution in [0.15, 0.2) is 36.4 Å². The Labute approximate surface area is 121 Å². The molecule has 0 saturated heterocycles. The minimum absolute atomic E-state index is 0.935. The van der Waals surface area contributed by atoms with Crippen LogP contribution in [0.5, 0.6) is 5.75 Å². The van der Waals surface area contributed by atoms with Gasteiger partial charge in [0.2, 0.25) is 0 Å². The molecule has 0 amide bonds. The second-order valence-electron chi connectivity index (χ2n) is 5.21. The SMILES string of the molecule is CCN(CC)c1ccc2c(c1)Cc1ccc(OC)cc1-2. The van der Waals surface area contributed by atoms with Gasteiger partial charge >= 0.3 is 0 Å². The predicted octanol–water partition coefficient (Wildman–Crippen LogP) is 4.11. The van der Waals surface area contributed by atoms with Gasteiger partial charge in [-0.25, -0.2) is 0 Å². The maximum Gasteiger partial charge on any atom is 0.119 e. The molecule has 0 fully saturated rings. The zero-order valence-electron chi connectivity index (χ0n) is 12.4. The highest BCUT2D eigenvalue weighted by Crippen LogP contribution is 2.40. The first-order chi connectivity index (χ1) is 9.76. The molecule has 0 aliphatic heterocycles. The van der Waals surface area contributed by atoms with E-state index in [4.69, 9.17) is 4.74 Å². The fraction of sp³-hybridized carbons (Fsp3) is 0.333. The number of rotatable bonds is 4. The van der Waals surface area contributed by atoms with Crippen LogP contribution in [0.2, 0.25) is 0 Å². The fourth-order valence-corrected chi connectivity index (χ4v) is 3.07. The van der Waals surface area contributed by atoms with Crippen molar-refractivity contribution in [2.24, 2.45) is 0 Å². The summed E-state index contributed by atoms with van der Waals surface area (Å²) in [5.41, 5.74) is 6.84. The Balaban J connectivity index is 2.02. The van der Waals surface area contributed by atoms with E-state index in [9.17, 15) is 0 Å². The van der Waals surface area contributed by atoms with Crippen LogP contribution in [0.25, 0.3) is 11.1 Å². The van der Waals surface area contributed by atoms with Gasteiger partial charge in [-0.2, -0.15) is 0 Å². The van der Waals surface area contributed by atoms with Gasteiger partial charge < -0.3 is 9.64 Å². The summed E-state index contributed by atoms with van der Waals surface area (Å²) in [6.45, 7) is 6.51. The van der Waals surface area contributed by atoms with Gasteiger partial charge in [0.05, 0.1) is 7.11 Å². The minimum atomic E-state index is 0.935. The molecular weight excluding hydrogens is 246 g/mol. The lowest BCUT2D eigenvalue weighted by molar-refractivity contribution is 0.415. The molecule has 0 saturated carbocycles. The lowest BCUT2D eigenvalue weighted by Gasteiger charge is -2.21. The van der Waals surface area contributed by atoms with E-state index in [1.807, 2.05) is 0 Å². The summed E-state index contributed by atoms with van der Waals surface area (Å²) in [6, 6.07) is 13.2. The second-order valence-corrected chi connectivity index (χ2v) is 5.21. The van der Waals surface area contributed by atoms with Gasteiger partial charge in [0, 0.05) is 18.8 Å². The highest BCUT2D eigenvalue weighted by molar-refractivity contribution is 5.79. The third-order valence-corrected chi connectivity index (χ3v) is 4.21. The number of benzene rings is 2. The largest absolute Gasteiger partial charge is 0.497 e. The number of nitrogens with zero attached hydrogens (tertiary/aromatic N) is 1. The van der Waals surface area contributed by atoms with Gasteiger partial charge in [-0.05, 0) is 66.8 Å². The summed E-state index contributed by atoms with van der Waals surface area (Å²) in [6.07, 6.45) is 1.03. The Bertz CT molecular complexity index is 629. The Morgan fingerprint density at radius 1 is 0.950 bits per heavy atom. The van der Waals surface area contributed by atoms with Crippen molar-refractivity contribution in [3.8, 4) is 16.9 Å². The highest BCUT2D eigenvalue weighted by atomic mass is 16.5. The third-order valence-electron chi connectivity index (χ3n) is 4.21. The van der Waals surface area contributed by atoms with Gasteiger partial charge in [-0.15, -0.1) is 0 Å². The van der Waals surface area contributed by atoms with Crippen LogP contribution in [0.4, 0.5) is 5.69 Å². The molecule has 0 bridgehead atoms. The van der Waals surface area contributed by atoms with Crippen LogP contribution in [0.1, 0.15) is 25.0 Å². The van der Waals surface area contributed by atoms with Crippen molar-refractivity contribution in [2.75, 3.05) is 25.1 Å². The summed E-state index contributed by atoms with van der Waals surface area (Å²) in [4.78, 5) is 2.39. The van der Waals surface area contributed by atoms with Crippen molar-refractivity contribution in [3.63, 3.8) is 0 Å².